The van der Waals surface area contributed by atoms with Gasteiger partial charge in [0.05, 0.1) is 6.61 Å². The fourth-order valence-electron chi connectivity index (χ4n) is 2.36. The fourth-order valence-corrected chi connectivity index (χ4v) is 2.36. The zero-order valence-corrected chi connectivity index (χ0v) is 13.6. The molecule has 1 aromatic rings. The summed E-state index contributed by atoms with van der Waals surface area (Å²) in [4.78, 5) is 11.8. The van der Waals surface area contributed by atoms with Crippen LogP contribution < -0.4 is 15.4 Å². The van der Waals surface area contributed by atoms with Gasteiger partial charge < -0.3 is 15.4 Å². The van der Waals surface area contributed by atoms with Crippen molar-refractivity contribution in [2.75, 3.05) is 26.2 Å². The van der Waals surface area contributed by atoms with Crippen LogP contribution in [-0.2, 0) is 4.79 Å². The topological polar surface area (TPSA) is 50.4 Å². The molecule has 4 heteroatoms. The lowest BCUT2D eigenvalue weighted by molar-refractivity contribution is -0.121. The number of carbonyl (C=O) groups excluding carboxylic acids is 1. The molecule has 0 aromatic heterocycles. The minimum atomic E-state index is 0.100. The number of ether oxygens (including phenoxy) is 1. The van der Waals surface area contributed by atoms with Gasteiger partial charge in [-0.1, -0.05) is 17.7 Å². The third-order valence-electron chi connectivity index (χ3n) is 3.97. The Labute approximate surface area is 132 Å². The highest BCUT2D eigenvalue weighted by molar-refractivity contribution is 5.76. The standard InChI is InChI=1S/C18H26N2O2/c1-14-5-6-17(12-15(14)2)22-11-3-4-18(21)20-13-16-7-9-19-10-8-16/h5-7,12,19H,3-4,8-11,13H2,1-2H3,(H,20,21). The van der Waals surface area contributed by atoms with E-state index in [2.05, 4.69) is 36.6 Å². The van der Waals surface area contributed by atoms with E-state index in [0.717, 1.165) is 31.7 Å². The SMILES string of the molecule is Cc1ccc(OCCCC(=O)NCC2=CCNCC2)cc1C. The zero-order valence-electron chi connectivity index (χ0n) is 13.6. The van der Waals surface area contributed by atoms with E-state index in [-0.39, 0.29) is 5.91 Å². The Hall–Kier alpha value is -1.81. The molecule has 0 saturated heterocycles. The van der Waals surface area contributed by atoms with E-state index < -0.39 is 0 Å². The third kappa shape index (κ3) is 5.53. The Morgan fingerprint density at radius 2 is 2.18 bits per heavy atom. The maximum atomic E-state index is 11.8. The van der Waals surface area contributed by atoms with Crippen molar-refractivity contribution < 1.29 is 9.53 Å². The van der Waals surface area contributed by atoms with Gasteiger partial charge in [0.2, 0.25) is 5.91 Å². The molecule has 1 aliphatic heterocycles. The van der Waals surface area contributed by atoms with Crippen LogP contribution in [0.25, 0.3) is 0 Å². The number of benzene rings is 1. The molecule has 0 bridgehead atoms. The van der Waals surface area contributed by atoms with Crippen LogP contribution in [0.3, 0.4) is 0 Å². The summed E-state index contributed by atoms with van der Waals surface area (Å²) in [5.41, 5.74) is 3.81. The third-order valence-corrected chi connectivity index (χ3v) is 3.97. The molecule has 1 aliphatic rings. The molecule has 2 rings (SSSR count). The second kappa shape index (κ2) is 8.59. The first-order chi connectivity index (χ1) is 10.6. The maximum absolute atomic E-state index is 11.8. The first-order valence-electron chi connectivity index (χ1n) is 8.00. The van der Waals surface area contributed by atoms with Crippen LogP contribution in [0.4, 0.5) is 0 Å². The van der Waals surface area contributed by atoms with Crippen LogP contribution in [-0.4, -0.2) is 32.1 Å². The van der Waals surface area contributed by atoms with Gasteiger partial charge >= 0.3 is 0 Å². The summed E-state index contributed by atoms with van der Waals surface area (Å²) < 4.78 is 5.69. The van der Waals surface area contributed by atoms with E-state index in [0.29, 0.717) is 19.6 Å². The van der Waals surface area contributed by atoms with Gasteiger partial charge in [-0.15, -0.1) is 0 Å². The average molecular weight is 302 g/mol. The molecular weight excluding hydrogens is 276 g/mol. The molecule has 0 saturated carbocycles. The summed E-state index contributed by atoms with van der Waals surface area (Å²) in [6.45, 7) is 7.33. The first-order valence-corrected chi connectivity index (χ1v) is 8.00. The van der Waals surface area contributed by atoms with E-state index in [4.69, 9.17) is 4.74 Å². The second-order valence-corrected chi connectivity index (χ2v) is 5.79. The van der Waals surface area contributed by atoms with Crippen molar-refractivity contribution in [1.29, 1.82) is 0 Å². The zero-order chi connectivity index (χ0) is 15.8. The smallest absolute Gasteiger partial charge is 0.220 e. The highest BCUT2D eigenvalue weighted by atomic mass is 16.5. The van der Waals surface area contributed by atoms with Crippen molar-refractivity contribution in [2.45, 2.75) is 33.1 Å². The summed E-state index contributed by atoms with van der Waals surface area (Å²) >= 11 is 0. The molecule has 22 heavy (non-hydrogen) atoms. The second-order valence-electron chi connectivity index (χ2n) is 5.79. The Balaban J connectivity index is 1.60. The van der Waals surface area contributed by atoms with Crippen LogP contribution in [0.5, 0.6) is 5.75 Å². The van der Waals surface area contributed by atoms with Crippen molar-refractivity contribution in [1.82, 2.24) is 10.6 Å². The van der Waals surface area contributed by atoms with E-state index in [1.807, 2.05) is 12.1 Å². The fraction of sp³-hybridized carbons (Fsp3) is 0.500. The summed E-state index contributed by atoms with van der Waals surface area (Å²) in [6, 6.07) is 6.08. The summed E-state index contributed by atoms with van der Waals surface area (Å²) in [6.07, 6.45) is 4.43. The predicted molar refractivity (Wildman–Crippen MR) is 89.2 cm³/mol. The number of aryl methyl sites for hydroxylation is 2. The van der Waals surface area contributed by atoms with Crippen molar-refractivity contribution in [3.05, 3.63) is 41.0 Å². The van der Waals surface area contributed by atoms with Gasteiger partial charge in [0.1, 0.15) is 5.75 Å². The van der Waals surface area contributed by atoms with Gasteiger partial charge in [-0.25, -0.2) is 0 Å². The molecule has 0 fully saturated rings. The largest absolute Gasteiger partial charge is 0.494 e. The maximum Gasteiger partial charge on any atom is 0.220 e. The molecular formula is C18H26N2O2. The molecule has 4 nitrogen and oxygen atoms in total. The van der Waals surface area contributed by atoms with Crippen LogP contribution >= 0.6 is 0 Å². The highest BCUT2D eigenvalue weighted by Gasteiger charge is 2.06. The van der Waals surface area contributed by atoms with E-state index in [1.165, 1.54) is 16.7 Å². The lowest BCUT2D eigenvalue weighted by Crippen LogP contribution is -2.29. The number of hydrogen-bond acceptors (Lipinski definition) is 3. The van der Waals surface area contributed by atoms with Gasteiger partial charge in [-0.05, 0) is 56.5 Å². The lowest BCUT2D eigenvalue weighted by atomic mass is 10.1. The van der Waals surface area contributed by atoms with Crippen LogP contribution in [0, 0.1) is 13.8 Å². The molecule has 1 heterocycles. The molecule has 0 aliphatic carbocycles. The Bertz CT molecular complexity index is 538. The summed E-state index contributed by atoms with van der Waals surface area (Å²) in [5, 5.41) is 6.24. The van der Waals surface area contributed by atoms with Gasteiger partial charge in [0.25, 0.3) is 0 Å². The van der Waals surface area contributed by atoms with Crippen molar-refractivity contribution >= 4 is 5.91 Å². The van der Waals surface area contributed by atoms with Gasteiger partial charge in [0.15, 0.2) is 0 Å². The van der Waals surface area contributed by atoms with Crippen LogP contribution in [0.15, 0.2) is 29.8 Å². The first kappa shape index (κ1) is 16.6. The number of carbonyl (C=O) groups is 1. The quantitative estimate of drug-likeness (QED) is 0.601. The molecule has 0 spiro atoms. The minimum absolute atomic E-state index is 0.100. The number of nitrogens with one attached hydrogen (secondary N) is 2. The molecule has 0 atom stereocenters. The molecule has 1 aromatic carbocycles. The van der Waals surface area contributed by atoms with Gasteiger partial charge in [-0.2, -0.15) is 0 Å². The van der Waals surface area contributed by atoms with Crippen LogP contribution in [0.2, 0.25) is 0 Å². The Morgan fingerprint density at radius 1 is 1.32 bits per heavy atom. The summed E-state index contributed by atoms with van der Waals surface area (Å²) in [7, 11) is 0. The minimum Gasteiger partial charge on any atom is -0.494 e. The lowest BCUT2D eigenvalue weighted by Gasteiger charge is -2.14. The van der Waals surface area contributed by atoms with E-state index in [9.17, 15) is 4.79 Å². The predicted octanol–water partition coefficient (Wildman–Crippen LogP) is 2.50. The molecule has 2 N–H and O–H groups in total. The molecule has 0 radical (unpaired) electrons. The Morgan fingerprint density at radius 3 is 2.91 bits per heavy atom. The highest BCUT2D eigenvalue weighted by Crippen LogP contribution is 2.16. The normalized spacial score (nSPS) is 14.4. The average Bonchev–Trinajstić information content (AvgIpc) is 2.54. The summed E-state index contributed by atoms with van der Waals surface area (Å²) in [5.74, 6) is 0.978. The van der Waals surface area contributed by atoms with Crippen LogP contribution in [0.1, 0.15) is 30.4 Å². The Kier molecular flexibility index (Phi) is 6.46. The van der Waals surface area contributed by atoms with Gasteiger partial charge in [0, 0.05) is 19.5 Å². The van der Waals surface area contributed by atoms with Crippen molar-refractivity contribution in [2.24, 2.45) is 0 Å². The van der Waals surface area contributed by atoms with E-state index in [1.54, 1.807) is 0 Å². The van der Waals surface area contributed by atoms with Crippen molar-refractivity contribution in [3.63, 3.8) is 0 Å². The molecule has 1 amide bonds. The van der Waals surface area contributed by atoms with E-state index >= 15 is 0 Å². The molecule has 120 valence electrons. The van der Waals surface area contributed by atoms with Crippen molar-refractivity contribution in [3.8, 4) is 5.75 Å². The number of amides is 1. The molecule has 0 unspecified atom stereocenters. The monoisotopic (exact) mass is 302 g/mol. The number of rotatable bonds is 7. The van der Waals surface area contributed by atoms with Gasteiger partial charge in [-0.3, -0.25) is 4.79 Å². The number of hydrogen-bond donors (Lipinski definition) is 2.